The molecule has 0 bridgehead atoms. The number of hydrogen-bond donors (Lipinski definition) is 2. The van der Waals surface area contributed by atoms with Gasteiger partial charge in [-0.1, -0.05) is 19.8 Å². The van der Waals surface area contributed by atoms with Gasteiger partial charge in [0, 0.05) is 18.7 Å². The zero-order valence-corrected chi connectivity index (χ0v) is 11.5. The van der Waals surface area contributed by atoms with Gasteiger partial charge in [0.2, 0.25) is 0 Å². The summed E-state index contributed by atoms with van der Waals surface area (Å²) in [4.78, 5) is 8.76. The van der Waals surface area contributed by atoms with E-state index in [9.17, 15) is 0 Å². The molecule has 2 N–H and O–H groups in total. The van der Waals surface area contributed by atoms with Crippen molar-refractivity contribution in [1.82, 2.24) is 9.97 Å². The normalized spacial score (nSPS) is 15.2. The number of nitrogens with zero attached hydrogens (tertiary/aromatic N) is 2. The molecule has 1 aromatic rings. The van der Waals surface area contributed by atoms with Crippen molar-refractivity contribution in [3.63, 3.8) is 0 Å². The predicted octanol–water partition coefficient (Wildman–Crippen LogP) is 3.07. The van der Waals surface area contributed by atoms with E-state index >= 15 is 0 Å². The van der Waals surface area contributed by atoms with Gasteiger partial charge in [0.1, 0.15) is 18.0 Å². The number of rotatable bonds is 7. The summed E-state index contributed by atoms with van der Waals surface area (Å²) in [5, 5.41) is 6.83. The number of aromatic nitrogens is 2. The van der Waals surface area contributed by atoms with Crippen LogP contribution < -0.4 is 10.6 Å². The van der Waals surface area contributed by atoms with Crippen molar-refractivity contribution < 1.29 is 0 Å². The lowest BCUT2D eigenvalue weighted by atomic mass is 9.85. The van der Waals surface area contributed by atoms with Crippen molar-refractivity contribution in [1.29, 1.82) is 0 Å². The van der Waals surface area contributed by atoms with Gasteiger partial charge in [0.25, 0.3) is 0 Å². The molecule has 4 heteroatoms. The molecule has 0 amide bonds. The topological polar surface area (TPSA) is 49.8 Å². The zero-order chi connectivity index (χ0) is 12.8. The van der Waals surface area contributed by atoms with Gasteiger partial charge in [-0.25, -0.2) is 9.97 Å². The van der Waals surface area contributed by atoms with Gasteiger partial charge in [0.15, 0.2) is 0 Å². The molecule has 1 fully saturated rings. The first-order chi connectivity index (χ1) is 8.85. The molecular formula is C14H24N4. The van der Waals surface area contributed by atoms with E-state index in [1.165, 1.54) is 24.8 Å². The molecule has 1 aromatic heterocycles. The summed E-state index contributed by atoms with van der Waals surface area (Å²) in [6.07, 6.45) is 7.91. The van der Waals surface area contributed by atoms with Gasteiger partial charge < -0.3 is 10.6 Å². The maximum absolute atomic E-state index is 4.41. The van der Waals surface area contributed by atoms with Crippen molar-refractivity contribution in [2.24, 2.45) is 5.92 Å². The standard InChI is InChI=1S/C14H24N4/c1-3-6-12-13(15-4-2)17-10-18-14(12)16-9-11-7-5-8-11/h10-11H,3-9H2,1-2H3,(H2,15,16,17,18). The summed E-state index contributed by atoms with van der Waals surface area (Å²) in [7, 11) is 0. The fraction of sp³-hybridized carbons (Fsp3) is 0.714. The second-order valence-electron chi connectivity index (χ2n) is 5.01. The van der Waals surface area contributed by atoms with Gasteiger partial charge >= 0.3 is 0 Å². The second kappa shape index (κ2) is 6.57. The highest BCUT2D eigenvalue weighted by molar-refractivity contribution is 5.57. The van der Waals surface area contributed by atoms with Gasteiger partial charge in [-0.3, -0.25) is 0 Å². The number of nitrogens with one attached hydrogen (secondary N) is 2. The SMILES string of the molecule is CCCc1c(NCC)ncnc1NCC1CCC1. The molecule has 18 heavy (non-hydrogen) atoms. The van der Waals surface area contributed by atoms with Crippen molar-refractivity contribution in [3.8, 4) is 0 Å². The quantitative estimate of drug-likeness (QED) is 0.778. The first-order valence-electron chi connectivity index (χ1n) is 7.16. The molecule has 1 aliphatic carbocycles. The van der Waals surface area contributed by atoms with Crippen LogP contribution in [0.15, 0.2) is 6.33 Å². The van der Waals surface area contributed by atoms with Crippen LogP contribution in [0.25, 0.3) is 0 Å². The molecule has 0 spiro atoms. The Bertz CT molecular complexity index is 374. The molecule has 0 aromatic carbocycles. The summed E-state index contributed by atoms with van der Waals surface area (Å²) in [6, 6.07) is 0. The first kappa shape index (κ1) is 13.1. The van der Waals surface area contributed by atoms with Crippen molar-refractivity contribution in [2.75, 3.05) is 23.7 Å². The Morgan fingerprint density at radius 1 is 1.17 bits per heavy atom. The van der Waals surface area contributed by atoms with Crippen LogP contribution >= 0.6 is 0 Å². The maximum Gasteiger partial charge on any atom is 0.134 e. The van der Waals surface area contributed by atoms with Crippen LogP contribution in [-0.2, 0) is 6.42 Å². The maximum atomic E-state index is 4.41. The third-order valence-corrected chi connectivity index (χ3v) is 3.57. The Labute approximate surface area is 110 Å². The third-order valence-electron chi connectivity index (χ3n) is 3.57. The molecule has 2 rings (SSSR count). The molecule has 0 aliphatic heterocycles. The lowest BCUT2D eigenvalue weighted by Gasteiger charge is -2.26. The Kier molecular flexibility index (Phi) is 4.79. The summed E-state index contributed by atoms with van der Waals surface area (Å²) >= 11 is 0. The Hall–Kier alpha value is -1.32. The van der Waals surface area contributed by atoms with Crippen LogP contribution in [0.3, 0.4) is 0 Å². The summed E-state index contributed by atoms with van der Waals surface area (Å²) < 4.78 is 0. The zero-order valence-electron chi connectivity index (χ0n) is 11.5. The van der Waals surface area contributed by atoms with E-state index in [0.717, 1.165) is 43.5 Å². The average molecular weight is 248 g/mol. The van der Waals surface area contributed by atoms with Crippen molar-refractivity contribution >= 4 is 11.6 Å². The van der Waals surface area contributed by atoms with Gasteiger partial charge in [-0.15, -0.1) is 0 Å². The highest BCUT2D eigenvalue weighted by atomic mass is 15.1. The van der Waals surface area contributed by atoms with Crippen LogP contribution in [0.4, 0.5) is 11.6 Å². The second-order valence-corrected chi connectivity index (χ2v) is 5.01. The van der Waals surface area contributed by atoms with Crippen molar-refractivity contribution in [2.45, 2.75) is 46.0 Å². The van der Waals surface area contributed by atoms with Gasteiger partial charge in [-0.05, 0) is 32.1 Å². The van der Waals surface area contributed by atoms with Crippen LogP contribution in [0.2, 0.25) is 0 Å². The minimum absolute atomic E-state index is 0.844. The lowest BCUT2D eigenvalue weighted by molar-refractivity contribution is 0.333. The van der Waals surface area contributed by atoms with E-state index < -0.39 is 0 Å². The third kappa shape index (κ3) is 3.12. The van der Waals surface area contributed by atoms with E-state index in [4.69, 9.17) is 0 Å². The largest absolute Gasteiger partial charge is 0.370 e. The Morgan fingerprint density at radius 2 is 1.89 bits per heavy atom. The van der Waals surface area contributed by atoms with Gasteiger partial charge in [0.05, 0.1) is 0 Å². The molecule has 1 saturated carbocycles. The average Bonchev–Trinajstić information content (AvgIpc) is 2.31. The molecule has 1 heterocycles. The van der Waals surface area contributed by atoms with Crippen LogP contribution in [0, 0.1) is 5.92 Å². The predicted molar refractivity (Wildman–Crippen MR) is 76.0 cm³/mol. The summed E-state index contributed by atoms with van der Waals surface area (Å²) in [6.45, 7) is 6.24. The molecule has 0 radical (unpaired) electrons. The molecule has 0 unspecified atom stereocenters. The van der Waals surface area contributed by atoms with E-state index in [1.807, 2.05) is 0 Å². The Balaban J connectivity index is 2.07. The summed E-state index contributed by atoms with van der Waals surface area (Å²) in [5.41, 5.74) is 1.24. The lowest BCUT2D eigenvalue weighted by Crippen LogP contribution is -2.22. The highest BCUT2D eigenvalue weighted by Gasteiger charge is 2.18. The fourth-order valence-corrected chi connectivity index (χ4v) is 2.31. The smallest absolute Gasteiger partial charge is 0.134 e. The molecule has 0 atom stereocenters. The minimum Gasteiger partial charge on any atom is -0.370 e. The molecule has 1 aliphatic rings. The molecule has 100 valence electrons. The van der Waals surface area contributed by atoms with Crippen LogP contribution in [-0.4, -0.2) is 23.1 Å². The first-order valence-corrected chi connectivity index (χ1v) is 7.16. The highest BCUT2D eigenvalue weighted by Crippen LogP contribution is 2.27. The van der Waals surface area contributed by atoms with E-state index in [2.05, 4.69) is 34.4 Å². The number of hydrogen-bond acceptors (Lipinski definition) is 4. The molecular weight excluding hydrogens is 224 g/mol. The van der Waals surface area contributed by atoms with Crippen LogP contribution in [0.1, 0.15) is 45.1 Å². The van der Waals surface area contributed by atoms with E-state index in [0.29, 0.717) is 0 Å². The van der Waals surface area contributed by atoms with E-state index in [-0.39, 0.29) is 0 Å². The fourth-order valence-electron chi connectivity index (χ4n) is 2.31. The summed E-state index contributed by atoms with van der Waals surface area (Å²) in [5.74, 6) is 2.86. The van der Waals surface area contributed by atoms with E-state index in [1.54, 1.807) is 6.33 Å². The molecule has 4 nitrogen and oxygen atoms in total. The minimum atomic E-state index is 0.844. The molecule has 0 saturated heterocycles. The number of anilines is 2. The Morgan fingerprint density at radius 3 is 2.44 bits per heavy atom. The van der Waals surface area contributed by atoms with Gasteiger partial charge in [-0.2, -0.15) is 0 Å². The van der Waals surface area contributed by atoms with Crippen LogP contribution in [0.5, 0.6) is 0 Å². The monoisotopic (exact) mass is 248 g/mol. The van der Waals surface area contributed by atoms with Crippen molar-refractivity contribution in [3.05, 3.63) is 11.9 Å².